The van der Waals surface area contributed by atoms with Gasteiger partial charge in [0.2, 0.25) is 0 Å². The van der Waals surface area contributed by atoms with Gasteiger partial charge in [0.25, 0.3) is 5.91 Å². The molecule has 1 amide bonds. The molecule has 9 heteroatoms. The van der Waals surface area contributed by atoms with Gasteiger partial charge in [0.1, 0.15) is 0 Å². The molecule has 0 saturated heterocycles. The summed E-state index contributed by atoms with van der Waals surface area (Å²) in [5.41, 5.74) is 0.693. The van der Waals surface area contributed by atoms with Crippen molar-refractivity contribution in [2.45, 2.75) is 25.2 Å². The Bertz CT molecular complexity index is 961. The molecule has 1 N–H and O–H groups in total. The Hall–Kier alpha value is -2.89. The van der Waals surface area contributed by atoms with Crippen molar-refractivity contribution in [3.8, 4) is 17.6 Å². The van der Waals surface area contributed by atoms with Crippen molar-refractivity contribution in [2.24, 2.45) is 0 Å². The first kappa shape index (κ1) is 24.4. The Morgan fingerprint density at radius 3 is 2.68 bits per heavy atom. The quantitative estimate of drug-likeness (QED) is 0.373. The Morgan fingerprint density at radius 1 is 1.19 bits per heavy atom. The number of nitriles is 1. The lowest BCUT2D eigenvalue weighted by molar-refractivity contribution is -0.119. The number of hydrogen-bond acceptors (Lipinski definition) is 7. The summed E-state index contributed by atoms with van der Waals surface area (Å²) in [6.07, 6.45) is 0.791. The van der Waals surface area contributed by atoms with Crippen molar-refractivity contribution >= 4 is 40.9 Å². The van der Waals surface area contributed by atoms with E-state index < -0.39 is 18.5 Å². The lowest BCUT2D eigenvalue weighted by Crippen LogP contribution is -2.21. The number of carbonyl (C=O) groups excluding carboxylic acids is 2. The molecule has 0 fully saturated rings. The zero-order valence-corrected chi connectivity index (χ0v) is 18.8. The minimum Gasteiger partial charge on any atom is -0.490 e. The summed E-state index contributed by atoms with van der Waals surface area (Å²) in [4.78, 5) is 25.4. The molecule has 0 radical (unpaired) electrons. The fourth-order valence-electron chi connectivity index (χ4n) is 2.50. The Kier molecular flexibility index (Phi) is 10.0. The number of ether oxygens (including phenoxy) is 3. The van der Waals surface area contributed by atoms with Gasteiger partial charge in [-0.1, -0.05) is 30.7 Å². The fourth-order valence-corrected chi connectivity index (χ4v) is 3.43. The zero-order chi connectivity index (χ0) is 22.6. The molecule has 31 heavy (non-hydrogen) atoms. The van der Waals surface area contributed by atoms with Crippen LogP contribution in [0.1, 0.15) is 30.6 Å². The van der Waals surface area contributed by atoms with Crippen molar-refractivity contribution < 1.29 is 23.8 Å². The number of hydrogen-bond donors (Lipinski definition) is 1. The molecular formula is C22H23ClN2O5S. The topological polar surface area (TPSA) is 97.6 Å². The molecule has 0 unspecified atom stereocenters. The smallest absolute Gasteiger partial charge is 0.338 e. The molecule has 2 aromatic rings. The molecule has 7 nitrogen and oxygen atoms in total. The summed E-state index contributed by atoms with van der Waals surface area (Å²) in [6.45, 7) is 4.11. The van der Waals surface area contributed by atoms with Crippen LogP contribution >= 0.6 is 23.4 Å². The number of nitrogens with one attached hydrogen (secondary N) is 1. The number of thioether (sulfide) groups is 1. The summed E-state index contributed by atoms with van der Waals surface area (Å²) in [7, 11) is 0. The van der Waals surface area contributed by atoms with Crippen LogP contribution in [0.4, 0.5) is 5.69 Å². The molecule has 0 heterocycles. The van der Waals surface area contributed by atoms with Crippen LogP contribution in [-0.2, 0) is 9.53 Å². The number of carbonyl (C=O) groups is 2. The van der Waals surface area contributed by atoms with Crippen LogP contribution < -0.4 is 14.8 Å². The third kappa shape index (κ3) is 7.39. The van der Waals surface area contributed by atoms with E-state index in [1.54, 1.807) is 25.1 Å². The number of nitrogens with zero attached hydrogens (tertiary/aromatic N) is 1. The fraction of sp³-hybridized carbons (Fsp3) is 0.318. The minimum atomic E-state index is -0.716. The largest absolute Gasteiger partial charge is 0.490 e. The molecule has 2 aromatic carbocycles. The summed E-state index contributed by atoms with van der Waals surface area (Å²) in [6, 6.07) is 12.0. The predicted octanol–water partition coefficient (Wildman–Crippen LogP) is 4.94. The van der Waals surface area contributed by atoms with Crippen LogP contribution in [0.25, 0.3) is 0 Å². The van der Waals surface area contributed by atoms with Crippen molar-refractivity contribution in [3.63, 3.8) is 0 Å². The van der Waals surface area contributed by atoms with Gasteiger partial charge in [-0.05, 0) is 37.6 Å². The first-order chi connectivity index (χ1) is 15.0. The highest BCUT2D eigenvalue weighted by Crippen LogP contribution is 2.37. The molecule has 0 aliphatic rings. The molecule has 0 aliphatic carbocycles. The van der Waals surface area contributed by atoms with Crippen molar-refractivity contribution in [1.29, 1.82) is 5.26 Å². The second-order valence-corrected chi connectivity index (χ2v) is 7.56. The van der Waals surface area contributed by atoms with Gasteiger partial charge in [-0.25, -0.2) is 4.79 Å². The van der Waals surface area contributed by atoms with E-state index in [0.717, 1.165) is 11.3 Å². The lowest BCUT2D eigenvalue weighted by atomic mass is 10.2. The molecule has 0 atom stereocenters. The number of benzene rings is 2. The number of para-hydroxylation sites is 1. The summed E-state index contributed by atoms with van der Waals surface area (Å²) >= 11 is 7.56. The average Bonchev–Trinajstić information content (AvgIpc) is 2.76. The monoisotopic (exact) mass is 462 g/mol. The number of amides is 1. The SMILES string of the molecule is CCCOc1c(Cl)cc(C(=O)OCC(=O)Nc2ccccc2SCC#N)cc1OCC. The summed E-state index contributed by atoms with van der Waals surface area (Å²) in [5.74, 6) is -0.262. The average molecular weight is 463 g/mol. The van der Waals surface area contributed by atoms with Crippen LogP contribution in [0.15, 0.2) is 41.3 Å². The van der Waals surface area contributed by atoms with Gasteiger partial charge >= 0.3 is 5.97 Å². The van der Waals surface area contributed by atoms with E-state index in [-0.39, 0.29) is 16.3 Å². The number of anilines is 1. The van der Waals surface area contributed by atoms with E-state index >= 15 is 0 Å². The van der Waals surface area contributed by atoms with E-state index in [4.69, 9.17) is 31.1 Å². The normalized spacial score (nSPS) is 10.1. The highest BCUT2D eigenvalue weighted by Gasteiger charge is 2.18. The van der Waals surface area contributed by atoms with E-state index in [1.165, 1.54) is 23.9 Å². The first-order valence-electron chi connectivity index (χ1n) is 9.65. The van der Waals surface area contributed by atoms with Crippen molar-refractivity contribution in [3.05, 3.63) is 47.0 Å². The van der Waals surface area contributed by atoms with Gasteiger partial charge in [0.05, 0.1) is 41.3 Å². The second-order valence-electron chi connectivity index (χ2n) is 6.13. The number of esters is 1. The molecule has 0 aliphatic heterocycles. The Morgan fingerprint density at radius 2 is 1.97 bits per heavy atom. The van der Waals surface area contributed by atoms with Crippen LogP contribution in [-0.4, -0.2) is 37.4 Å². The highest BCUT2D eigenvalue weighted by atomic mass is 35.5. The lowest BCUT2D eigenvalue weighted by Gasteiger charge is -2.15. The molecular weight excluding hydrogens is 440 g/mol. The first-order valence-corrected chi connectivity index (χ1v) is 11.0. The van der Waals surface area contributed by atoms with Gasteiger partial charge in [-0.3, -0.25) is 4.79 Å². The van der Waals surface area contributed by atoms with E-state index in [1.807, 2.05) is 19.1 Å². The molecule has 0 saturated carbocycles. The van der Waals surface area contributed by atoms with Crippen LogP contribution in [0.3, 0.4) is 0 Å². The van der Waals surface area contributed by atoms with E-state index in [0.29, 0.717) is 30.4 Å². The van der Waals surface area contributed by atoms with Gasteiger partial charge < -0.3 is 19.5 Å². The number of halogens is 1. The summed E-state index contributed by atoms with van der Waals surface area (Å²) < 4.78 is 16.3. The molecule has 0 aromatic heterocycles. The highest BCUT2D eigenvalue weighted by molar-refractivity contribution is 7.99. The third-order valence-electron chi connectivity index (χ3n) is 3.78. The summed E-state index contributed by atoms with van der Waals surface area (Å²) in [5, 5.41) is 11.7. The van der Waals surface area contributed by atoms with Gasteiger partial charge in [-0.2, -0.15) is 5.26 Å². The van der Waals surface area contributed by atoms with Gasteiger partial charge in [0, 0.05) is 4.90 Å². The van der Waals surface area contributed by atoms with Crippen LogP contribution in [0.5, 0.6) is 11.5 Å². The van der Waals surface area contributed by atoms with E-state index in [9.17, 15) is 9.59 Å². The van der Waals surface area contributed by atoms with Gasteiger partial charge in [-0.15, -0.1) is 11.8 Å². The standard InChI is InChI=1S/C22H23ClN2O5S/c1-3-10-29-21-16(23)12-15(13-18(21)28-4-2)22(27)30-14-20(26)25-17-7-5-6-8-19(17)31-11-9-24/h5-8,12-13H,3-4,10-11,14H2,1-2H3,(H,25,26). The second kappa shape index (κ2) is 12.7. The van der Waals surface area contributed by atoms with Crippen LogP contribution in [0, 0.1) is 11.3 Å². The third-order valence-corrected chi connectivity index (χ3v) is 5.00. The maximum Gasteiger partial charge on any atom is 0.338 e. The zero-order valence-electron chi connectivity index (χ0n) is 17.3. The predicted molar refractivity (Wildman–Crippen MR) is 120 cm³/mol. The Balaban J connectivity index is 2.04. The molecule has 2 rings (SSSR count). The molecule has 164 valence electrons. The maximum atomic E-state index is 12.4. The van der Waals surface area contributed by atoms with Gasteiger partial charge in [0.15, 0.2) is 18.1 Å². The van der Waals surface area contributed by atoms with E-state index in [2.05, 4.69) is 5.32 Å². The van der Waals surface area contributed by atoms with Crippen LogP contribution in [0.2, 0.25) is 5.02 Å². The number of rotatable bonds is 11. The van der Waals surface area contributed by atoms with Crippen molar-refractivity contribution in [1.82, 2.24) is 0 Å². The minimum absolute atomic E-state index is 0.148. The molecule has 0 spiro atoms. The maximum absolute atomic E-state index is 12.4. The van der Waals surface area contributed by atoms with Crippen molar-refractivity contribution in [2.75, 3.05) is 30.9 Å². The Labute approximate surface area is 190 Å². The molecule has 0 bridgehead atoms.